The summed E-state index contributed by atoms with van der Waals surface area (Å²) in [6.45, 7) is 7.88. The Hall–Kier alpha value is -1.06. The molecule has 0 aliphatic rings. The van der Waals surface area contributed by atoms with Crippen LogP contribution in [0.3, 0.4) is 0 Å². The van der Waals surface area contributed by atoms with Crippen LogP contribution in [0.5, 0.6) is 0 Å². The molecule has 0 spiro atoms. The minimum Gasteiger partial charge on any atom is -0.324 e. The predicted molar refractivity (Wildman–Crippen MR) is 74.6 cm³/mol. The third kappa shape index (κ3) is 4.36. The van der Waals surface area contributed by atoms with Gasteiger partial charge in [0.2, 0.25) is 5.91 Å². The van der Waals surface area contributed by atoms with Crippen LogP contribution in [-0.4, -0.2) is 11.9 Å². The van der Waals surface area contributed by atoms with Crippen molar-refractivity contribution in [2.45, 2.75) is 33.7 Å². The van der Waals surface area contributed by atoms with Gasteiger partial charge in [0.15, 0.2) is 0 Å². The summed E-state index contributed by atoms with van der Waals surface area (Å²) in [7, 11) is 0. The molecule has 1 aromatic carbocycles. The van der Waals surface area contributed by atoms with Gasteiger partial charge in [-0.25, -0.2) is 0 Å². The molecule has 96 valence electrons. The highest BCUT2D eigenvalue weighted by atomic mass is 35.5. The Morgan fingerprint density at radius 1 is 1.29 bits per heavy atom. The highest BCUT2D eigenvalue weighted by molar-refractivity contribution is 5.95. The normalized spacial score (nSPS) is 11.9. The summed E-state index contributed by atoms with van der Waals surface area (Å²) in [4.78, 5) is 11.8. The maximum absolute atomic E-state index is 11.8. The number of rotatable bonds is 3. The molecule has 0 heterocycles. The quantitative estimate of drug-likeness (QED) is 0.874. The number of nitrogens with two attached hydrogens (primary N) is 1. The van der Waals surface area contributed by atoms with E-state index in [0.29, 0.717) is 0 Å². The van der Waals surface area contributed by atoms with Crippen molar-refractivity contribution in [3.05, 3.63) is 29.3 Å². The van der Waals surface area contributed by atoms with Gasteiger partial charge >= 0.3 is 0 Å². The van der Waals surface area contributed by atoms with Gasteiger partial charge in [0.1, 0.15) is 0 Å². The number of halogens is 1. The molecule has 1 aromatic rings. The van der Waals surface area contributed by atoms with Crippen LogP contribution in [-0.2, 0) is 4.79 Å². The van der Waals surface area contributed by atoms with Gasteiger partial charge < -0.3 is 11.1 Å². The van der Waals surface area contributed by atoms with Crippen LogP contribution in [0.15, 0.2) is 18.2 Å². The largest absolute Gasteiger partial charge is 0.324 e. The molecule has 0 saturated carbocycles. The van der Waals surface area contributed by atoms with Gasteiger partial charge in [-0.05, 0) is 31.4 Å². The van der Waals surface area contributed by atoms with Crippen molar-refractivity contribution in [1.29, 1.82) is 0 Å². The summed E-state index contributed by atoms with van der Waals surface area (Å²) in [6.07, 6.45) is 0. The van der Waals surface area contributed by atoms with Gasteiger partial charge in [0.25, 0.3) is 0 Å². The molecule has 0 aliphatic carbocycles. The number of benzene rings is 1. The fraction of sp³-hybridized carbons (Fsp3) is 0.462. The van der Waals surface area contributed by atoms with E-state index in [-0.39, 0.29) is 24.2 Å². The van der Waals surface area contributed by atoms with Crippen molar-refractivity contribution in [2.24, 2.45) is 11.7 Å². The average molecular weight is 257 g/mol. The molecule has 17 heavy (non-hydrogen) atoms. The summed E-state index contributed by atoms with van der Waals surface area (Å²) in [5.41, 5.74) is 8.86. The zero-order valence-electron chi connectivity index (χ0n) is 10.8. The van der Waals surface area contributed by atoms with E-state index in [9.17, 15) is 4.79 Å². The van der Waals surface area contributed by atoms with Crippen LogP contribution >= 0.6 is 12.4 Å². The van der Waals surface area contributed by atoms with Crippen LogP contribution in [0.4, 0.5) is 5.69 Å². The highest BCUT2D eigenvalue weighted by Gasteiger charge is 2.17. The SMILES string of the molecule is Cc1ccc(NC(=O)C(N)C(C)C)c(C)c1.Cl. The molecule has 0 radical (unpaired) electrons. The first-order chi connectivity index (χ1) is 7.41. The number of carbonyl (C=O) groups is 1. The molecule has 0 aliphatic heterocycles. The molecule has 3 N–H and O–H groups in total. The van der Waals surface area contributed by atoms with Gasteiger partial charge in [-0.1, -0.05) is 31.5 Å². The van der Waals surface area contributed by atoms with Crippen LogP contribution in [0.25, 0.3) is 0 Å². The number of nitrogens with one attached hydrogen (secondary N) is 1. The molecule has 0 fully saturated rings. The molecule has 0 aromatic heterocycles. The second-order valence-electron chi connectivity index (χ2n) is 4.58. The van der Waals surface area contributed by atoms with Gasteiger partial charge in [-0.3, -0.25) is 4.79 Å². The molecule has 3 nitrogen and oxygen atoms in total. The smallest absolute Gasteiger partial charge is 0.241 e. The van der Waals surface area contributed by atoms with E-state index in [2.05, 4.69) is 5.32 Å². The highest BCUT2D eigenvalue weighted by Crippen LogP contribution is 2.16. The summed E-state index contributed by atoms with van der Waals surface area (Å²) < 4.78 is 0. The number of hydrogen-bond donors (Lipinski definition) is 2. The summed E-state index contributed by atoms with van der Waals surface area (Å²) in [6, 6.07) is 5.47. The van der Waals surface area contributed by atoms with Gasteiger partial charge in [0, 0.05) is 5.69 Å². The minimum absolute atomic E-state index is 0. The third-order valence-electron chi connectivity index (χ3n) is 2.66. The first-order valence-corrected chi connectivity index (χ1v) is 5.55. The van der Waals surface area contributed by atoms with Gasteiger partial charge in [-0.2, -0.15) is 0 Å². The van der Waals surface area contributed by atoms with Crippen LogP contribution in [0.1, 0.15) is 25.0 Å². The molecular formula is C13H21ClN2O. The Kier molecular flexibility index (Phi) is 6.21. The van der Waals surface area contributed by atoms with Crippen LogP contribution < -0.4 is 11.1 Å². The molecule has 4 heteroatoms. The Morgan fingerprint density at radius 2 is 1.88 bits per heavy atom. The van der Waals surface area contributed by atoms with E-state index in [1.807, 2.05) is 45.9 Å². The number of hydrogen-bond acceptors (Lipinski definition) is 2. The maximum Gasteiger partial charge on any atom is 0.241 e. The van der Waals surface area contributed by atoms with Crippen molar-refractivity contribution in [3.8, 4) is 0 Å². The molecular weight excluding hydrogens is 236 g/mol. The van der Waals surface area contributed by atoms with E-state index >= 15 is 0 Å². The number of aryl methyl sites for hydroxylation is 2. The fourth-order valence-corrected chi connectivity index (χ4v) is 1.47. The number of carbonyl (C=O) groups excluding carboxylic acids is 1. The Bertz CT molecular complexity index is 391. The van der Waals surface area contributed by atoms with Crippen molar-refractivity contribution in [3.63, 3.8) is 0 Å². The van der Waals surface area contributed by atoms with E-state index < -0.39 is 6.04 Å². The summed E-state index contributed by atoms with van der Waals surface area (Å²) in [5, 5.41) is 2.85. The zero-order valence-corrected chi connectivity index (χ0v) is 11.6. The Morgan fingerprint density at radius 3 is 2.35 bits per heavy atom. The molecule has 0 saturated heterocycles. The monoisotopic (exact) mass is 256 g/mol. The standard InChI is InChI=1S/C13H20N2O.ClH/c1-8(2)12(14)13(16)15-11-6-5-9(3)7-10(11)4;/h5-8,12H,14H2,1-4H3,(H,15,16);1H. The van der Waals surface area contributed by atoms with Crippen molar-refractivity contribution >= 4 is 24.0 Å². The van der Waals surface area contributed by atoms with Crippen LogP contribution in [0.2, 0.25) is 0 Å². The lowest BCUT2D eigenvalue weighted by Gasteiger charge is -2.16. The topological polar surface area (TPSA) is 55.1 Å². The van der Waals surface area contributed by atoms with Gasteiger partial charge in [0.05, 0.1) is 6.04 Å². The van der Waals surface area contributed by atoms with Crippen molar-refractivity contribution in [1.82, 2.24) is 0 Å². The lowest BCUT2D eigenvalue weighted by atomic mass is 10.0. The maximum atomic E-state index is 11.8. The molecule has 0 bridgehead atoms. The molecule has 1 amide bonds. The Labute approximate surface area is 109 Å². The number of anilines is 1. The van der Waals surface area contributed by atoms with E-state index in [4.69, 9.17) is 5.73 Å². The second kappa shape index (κ2) is 6.62. The first kappa shape index (κ1) is 15.9. The van der Waals surface area contributed by atoms with E-state index in [1.165, 1.54) is 5.56 Å². The van der Waals surface area contributed by atoms with Crippen molar-refractivity contribution < 1.29 is 4.79 Å². The van der Waals surface area contributed by atoms with Gasteiger partial charge in [-0.15, -0.1) is 12.4 Å². The Balaban J connectivity index is 0.00000256. The second-order valence-corrected chi connectivity index (χ2v) is 4.58. The predicted octanol–water partition coefficient (Wildman–Crippen LogP) is 2.65. The van der Waals surface area contributed by atoms with Crippen molar-refractivity contribution in [2.75, 3.05) is 5.32 Å². The fourth-order valence-electron chi connectivity index (χ4n) is 1.47. The summed E-state index contributed by atoms with van der Waals surface area (Å²) in [5.74, 6) is 0.0210. The summed E-state index contributed by atoms with van der Waals surface area (Å²) >= 11 is 0. The van der Waals surface area contributed by atoms with E-state index in [1.54, 1.807) is 0 Å². The lowest BCUT2D eigenvalue weighted by Crippen LogP contribution is -2.39. The number of amides is 1. The average Bonchev–Trinajstić information content (AvgIpc) is 2.20. The third-order valence-corrected chi connectivity index (χ3v) is 2.66. The first-order valence-electron chi connectivity index (χ1n) is 5.55. The van der Waals surface area contributed by atoms with Crippen LogP contribution in [0, 0.1) is 19.8 Å². The molecule has 1 unspecified atom stereocenters. The lowest BCUT2D eigenvalue weighted by molar-refractivity contribution is -0.118. The molecule has 1 rings (SSSR count). The minimum atomic E-state index is -0.458. The zero-order chi connectivity index (χ0) is 12.3. The molecule has 1 atom stereocenters. The van der Waals surface area contributed by atoms with E-state index in [0.717, 1.165) is 11.3 Å².